The molecule has 4 nitrogen and oxygen atoms in total. The molecule has 1 amide bonds. The third-order valence-electron chi connectivity index (χ3n) is 3.27. The summed E-state index contributed by atoms with van der Waals surface area (Å²) >= 11 is 6.15. The molecule has 21 heavy (non-hydrogen) atoms. The first kappa shape index (κ1) is 17.8. The lowest BCUT2D eigenvalue weighted by molar-refractivity contribution is -0.127. The third-order valence-corrected chi connectivity index (χ3v) is 3.51. The second-order valence-electron chi connectivity index (χ2n) is 5.26. The Labute approximate surface area is 133 Å². The highest BCUT2D eigenvalue weighted by molar-refractivity contribution is 6.30. The molecule has 0 fully saturated rings. The van der Waals surface area contributed by atoms with E-state index in [4.69, 9.17) is 11.6 Å². The Bertz CT molecular complexity index is 463. The van der Waals surface area contributed by atoms with E-state index in [1.54, 1.807) is 19.0 Å². The first-order chi connectivity index (χ1) is 9.99. The Kier molecular flexibility index (Phi) is 7.54. The van der Waals surface area contributed by atoms with Crippen molar-refractivity contribution in [1.82, 2.24) is 10.2 Å². The number of anilines is 1. The smallest absolute Gasteiger partial charge is 0.241 e. The van der Waals surface area contributed by atoms with Gasteiger partial charge >= 0.3 is 0 Å². The molecular weight excluding hydrogens is 286 g/mol. The van der Waals surface area contributed by atoms with Gasteiger partial charge in [-0.3, -0.25) is 4.79 Å². The minimum Gasteiger partial charge on any atom is -0.362 e. The van der Waals surface area contributed by atoms with E-state index in [0.717, 1.165) is 31.7 Å². The fourth-order valence-corrected chi connectivity index (χ4v) is 2.27. The number of rotatable bonds is 8. The SMILES string of the molecule is CCCN(CC(=O)N(C)C)c1cc(Cl)ccc1CNCC. The molecule has 0 aliphatic carbocycles. The molecule has 0 atom stereocenters. The van der Waals surface area contributed by atoms with Crippen LogP contribution in [0.5, 0.6) is 0 Å². The van der Waals surface area contributed by atoms with Crippen LogP contribution >= 0.6 is 11.6 Å². The third kappa shape index (κ3) is 5.56. The minimum atomic E-state index is 0.0952. The van der Waals surface area contributed by atoms with Crippen molar-refractivity contribution in [1.29, 1.82) is 0 Å². The summed E-state index contributed by atoms with van der Waals surface area (Å²) in [6, 6.07) is 5.88. The fraction of sp³-hybridized carbons (Fsp3) is 0.562. The monoisotopic (exact) mass is 311 g/mol. The number of nitrogens with one attached hydrogen (secondary N) is 1. The van der Waals surface area contributed by atoms with Crippen LogP contribution in [0.1, 0.15) is 25.8 Å². The molecule has 0 bridgehead atoms. The molecule has 0 aliphatic rings. The number of amides is 1. The van der Waals surface area contributed by atoms with Crippen LogP contribution in [0.25, 0.3) is 0 Å². The number of likely N-dealkylation sites (N-methyl/N-ethyl adjacent to an activating group) is 1. The standard InChI is InChI=1S/C16H26ClN3O/c1-5-9-20(12-16(21)19(3)4)15-10-14(17)8-7-13(15)11-18-6-2/h7-8,10,18H,5-6,9,11-12H2,1-4H3. The highest BCUT2D eigenvalue weighted by Gasteiger charge is 2.16. The van der Waals surface area contributed by atoms with E-state index in [9.17, 15) is 4.79 Å². The van der Waals surface area contributed by atoms with E-state index >= 15 is 0 Å². The van der Waals surface area contributed by atoms with Crippen molar-refractivity contribution < 1.29 is 4.79 Å². The summed E-state index contributed by atoms with van der Waals surface area (Å²) in [7, 11) is 3.56. The van der Waals surface area contributed by atoms with E-state index in [1.165, 1.54) is 5.56 Å². The molecule has 0 unspecified atom stereocenters. The van der Waals surface area contributed by atoms with E-state index < -0.39 is 0 Å². The van der Waals surface area contributed by atoms with Crippen molar-refractivity contribution >= 4 is 23.2 Å². The highest BCUT2D eigenvalue weighted by Crippen LogP contribution is 2.25. The van der Waals surface area contributed by atoms with Crippen molar-refractivity contribution in [2.45, 2.75) is 26.8 Å². The molecule has 0 saturated carbocycles. The van der Waals surface area contributed by atoms with E-state index in [-0.39, 0.29) is 5.91 Å². The van der Waals surface area contributed by atoms with Gasteiger partial charge in [0.1, 0.15) is 0 Å². The number of hydrogen-bond donors (Lipinski definition) is 1. The van der Waals surface area contributed by atoms with Crippen LogP contribution in [0.15, 0.2) is 18.2 Å². The van der Waals surface area contributed by atoms with Gasteiger partial charge in [0.15, 0.2) is 0 Å². The van der Waals surface area contributed by atoms with E-state index in [1.807, 2.05) is 18.2 Å². The molecule has 0 saturated heterocycles. The topological polar surface area (TPSA) is 35.6 Å². The average Bonchev–Trinajstić information content (AvgIpc) is 2.45. The largest absolute Gasteiger partial charge is 0.362 e. The molecule has 0 radical (unpaired) electrons. The first-order valence-electron chi connectivity index (χ1n) is 7.43. The van der Waals surface area contributed by atoms with Crippen LogP contribution < -0.4 is 10.2 Å². The van der Waals surface area contributed by atoms with Crippen molar-refractivity contribution in [3.05, 3.63) is 28.8 Å². The molecule has 1 aromatic rings. The summed E-state index contributed by atoms with van der Waals surface area (Å²) in [4.78, 5) is 15.8. The Morgan fingerprint density at radius 1 is 1.29 bits per heavy atom. The molecule has 0 aliphatic heterocycles. The average molecular weight is 312 g/mol. The van der Waals surface area contributed by atoms with Crippen molar-refractivity contribution in [2.75, 3.05) is 38.6 Å². The van der Waals surface area contributed by atoms with Crippen molar-refractivity contribution in [2.24, 2.45) is 0 Å². The molecule has 5 heteroatoms. The van der Waals surface area contributed by atoms with Gasteiger partial charge in [0.2, 0.25) is 5.91 Å². The molecule has 1 aromatic carbocycles. The van der Waals surface area contributed by atoms with Gasteiger partial charge in [0.25, 0.3) is 0 Å². The number of carbonyl (C=O) groups excluding carboxylic acids is 1. The fourth-order valence-electron chi connectivity index (χ4n) is 2.10. The van der Waals surface area contributed by atoms with Gasteiger partial charge in [0, 0.05) is 37.9 Å². The summed E-state index contributed by atoms with van der Waals surface area (Å²) in [5, 5.41) is 4.03. The second kappa shape index (κ2) is 8.90. The lowest BCUT2D eigenvalue weighted by Gasteiger charge is -2.28. The summed E-state index contributed by atoms with van der Waals surface area (Å²) in [6.45, 7) is 7.09. The maximum atomic E-state index is 12.0. The quantitative estimate of drug-likeness (QED) is 0.802. The molecule has 118 valence electrons. The first-order valence-corrected chi connectivity index (χ1v) is 7.81. The zero-order valence-electron chi connectivity index (χ0n) is 13.4. The molecular formula is C16H26ClN3O. The number of nitrogens with zero attached hydrogens (tertiary/aromatic N) is 2. The van der Waals surface area contributed by atoms with Crippen LogP contribution in [-0.2, 0) is 11.3 Å². The molecule has 0 aromatic heterocycles. The van der Waals surface area contributed by atoms with Crippen LogP contribution in [-0.4, -0.2) is 44.5 Å². The molecule has 0 heterocycles. The number of halogens is 1. The lowest BCUT2D eigenvalue weighted by Crippen LogP contribution is -2.37. The Hall–Kier alpha value is -1.26. The predicted octanol–water partition coefficient (Wildman–Crippen LogP) is 2.75. The van der Waals surface area contributed by atoms with Crippen LogP contribution in [0.2, 0.25) is 5.02 Å². The second-order valence-corrected chi connectivity index (χ2v) is 5.70. The van der Waals surface area contributed by atoms with E-state index in [0.29, 0.717) is 11.6 Å². The van der Waals surface area contributed by atoms with Gasteiger partial charge < -0.3 is 15.1 Å². The Morgan fingerprint density at radius 3 is 2.57 bits per heavy atom. The number of benzene rings is 1. The van der Waals surface area contributed by atoms with Gasteiger partial charge in [0.05, 0.1) is 6.54 Å². The normalized spacial score (nSPS) is 10.5. The maximum Gasteiger partial charge on any atom is 0.241 e. The van der Waals surface area contributed by atoms with Crippen LogP contribution in [0.3, 0.4) is 0 Å². The van der Waals surface area contributed by atoms with Crippen molar-refractivity contribution in [3.8, 4) is 0 Å². The maximum absolute atomic E-state index is 12.0. The molecule has 0 spiro atoms. The Morgan fingerprint density at radius 2 is 2.00 bits per heavy atom. The van der Waals surface area contributed by atoms with Crippen molar-refractivity contribution in [3.63, 3.8) is 0 Å². The summed E-state index contributed by atoms with van der Waals surface area (Å²) in [6.07, 6.45) is 0.980. The van der Waals surface area contributed by atoms with Crippen LogP contribution in [0.4, 0.5) is 5.69 Å². The van der Waals surface area contributed by atoms with Gasteiger partial charge in [-0.25, -0.2) is 0 Å². The zero-order valence-corrected chi connectivity index (χ0v) is 14.2. The van der Waals surface area contributed by atoms with Gasteiger partial charge in [-0.05, 0) is 30.7 Å². The number of hydrogen-bond acceptors (Lipinski definition) is 3. The van der Waals surface area contributed by atoms with Gasteiger partial charge in [-0.1, -0.05) is 31.5 Å². The summed E-state index contributed by atoms with van der Waals surface area (Å²) in [5.74, 6) is 0.0952. The molecule has 1 N–H and O–H groups in total. The summed E-state index contributed by atoms with van der Waals surface area (Å²) < 4.78 is 0. The van der Waals surface area contributed by atoms with Gasteiger partial charge in [-0.15, -0.1) is 0 Å². The predicted molar refractivity (Wildman–Crippen MR) is 90.0 cm³/mol. The lowest BCUT2D eigenvalue weighted by atomic mass is 10.1. The van der Waals surface area contributed by atoms with Gasteiger partial charge in [-0.2, -0.15) is 0 Å². The number of carbonyl (C=O) groups is 1. The van der Waals surface area contributed by atoms with Crippen LogP contribution in [0, 0.1) is 0 Å². The zero-order chi connectivity index (χ0) is 15.8. The minimum absolute atomic E-state index is 0.0952. The summed E-state index contributed by atoms with van der Waals surface area (Å²) in [5.41, 5.74) is 2.21. The van der Waals surface area contributed by atoms with E-state index in [2.05, 4.69) is 24.1 Å². The highest BCUT2D eigenvalue weighted by atomic mass is 35.5. The Balaban J connectivity index is 3.04. The molecule has 1 rings (SSSR count).